The molecule has 3 aromatic rings. The lowest BCUT2D eigenvalue weighted by Crippen LogP contribution is -2.30. The van der Waals surface area contributed by atoms with Gasteiger partial charge in [0.2, 0.25) is 5.91 Å². The molecule has 1 aliphatic rings. The quantitative estimate of drug-likeness (QED) is 0.365. The first-order valence-electron chi connectivity index (χ1n) is 12.6. The first-order valence-corrected chi connectivity index (χ1v) is 13.4. The van der Waals surface area contributed by atoms with Crippen molar-refractivity contribution in [3.8, 4) is 18.1 Å². The summed E-state index contributed by atoms with van der Waals surface area (Å²) in [6.45, 7) is 3.98. The molecule has 2 heterocycles. The standard InChI is InChI=1S/C28H32N4O4S/c1-3-22-23-11-9-20(18-36-28(34)30-14-16-32-15-13-29-19-32)17-25(23)37-27(22)31-26(33)12-10-21-7-5-6-8-24(21)35-4-2/h1,5-8,13,15,19-20H,4,9-12,14,16-18H2,2H3,(H,30,34)(H,31,33). The Labute approximate surface area is 221 Å². The molecular weight excluding hydrogens is 488 g/mol. The van der Waals surface area contributed by atoms with Gasteiger partial charge in [0.15, 0.2) is 0 Å². The summed E-state index contributed by atoms with van der Waals surface area (Å²) in [4.78, 5) is 30.0. The molecule has 8 nitrogen and oxygen atoms in total. The zero-order valence-corrected chi connectivity index (χ0v) is 21.8. The Morgan fingerprint density at radius 3 is 2.97 bits per heavy atom. The Morgan fingerprint density at radius 1 is 1.32 bits per heavy atom. The van der Waals surface area contributed by atoms with Crippen LogP contribution in [0, 0.1) is 18.3 Å². The molecule has 1 unspecified atom stereocenters. The third kappa shape index (κ3) is 7.14. The summed E-state index contributed by atoms with van der Waals surface area (Å²) < 4.78 is 13.0. The van der Waals surface area contributed by atoms with Gasteiger partial charge in [-0.05, 0) is 55.7 Å². The van der Waals surface area contributed by atoms with Crippen molar-refractivity contribution in [2.75, 3.05) is 25.1 Å². The van der Waals surface area contributed by atoms with Gasteiger partial charge in [-0.15, -0.1) is 17.8 Å². The van der Waals surface area contributed by atoms with Crippen molar-refractivity contribution in [1.82, 2.24) is 14.9 Å². The first kappa shape index (κ1) is 26.3. The van der Waals surface area contributed by atoms with E-state index >= 15 is 0 Å². The summed E-state index contributed by atoms with van der Waals surface area (Å²) in [6.07, 6.45) is 14.0. The summed E-state index contributed by atoms with van der Waals surface area (Å²) in [5.74, 6) is 3.74. The van der Waals surface area contributed by atoms with Crippen molar-refractivity contribution in [3.05, 3.63) is 64.6 Å². The minimum absolute atomic E-state index is 0.0753. The molecule has 4 rings (SSSR count). The highest BCUT2D eigenvalue weighted by molar-refractivity contribution is 7.16. The number of nitrogens with one attached hydrogen (secondary N) is 2. The first-order chi connectivity index (χ1) is 18.1. The summed E-state index contributed by atoms with van der Waals surface area (Å²) in [6, 6.07) is 7.78. The molecule has 0 spiro atoms. The number of thiophene rings is 1. The fourth-order valence-electron chi connectivity index (χ4n) is 4.43. The molecule has 0 saturated carbocycles. The Kier molecular flexibility index (Phi) is 9.22. The highest BCUT2D eigenvalue weighted by Gasteiger charge is 2.26. The van der Waals surface area contributed by atoms with Gasteiger partial charge in [0.25, 0.3) is 0 Å². The second kappa shape index (κ2) is 13.0. The zero-order valence-electron chi connectivity index (χ0n) is 21.0. The predicted molar refractivity (Wildman–Crippen MR) is 144 cm³/mol. The maximum atomic E-state index is 12.8. The predicted octanol–water partition coefficient (Wildman–Crippen LogP) is 4.43. The zero-order chi connectivity index (χ0) is 26.0. The molecule has 37 heavy (non-hydrogen) atoms. The van der Waals surface area contributed by atoms with Crippen LogP contribution >= 0.6 is 11.3 Å². The number of hydrogen-bond acceptors (Lipinski definition) is 6. The Hall–Kier alpha value is -3.77. The van der Waals surface area contributed by atoms with Crippen LogP contribution in [0.4, 0.5) is 9.80 Å². The van der Waals surface area contributed by atoms with E-state index in [1.165, 1.54) is 11.3 Å². The molecule has 0 bridgehead atoms. The SMILES string of the molecule is C#Cc1c(NC(=O)CCc2ccccc2OCC)sc2c1CCC(COC(=O)NCCn1ccnc1)C2. The van der Waals surface area contributed by atoms with Crippen molar-refractivity contribution in [1.29, 1.82) is 0 Å². The van der Waals surface area contributed by atoms with Crippen molar-refractivity contribution in [3.63, 3.8) is 0 Å². The van der Waals surface area contributed by atoms with Gasteiger partial charge < -0.3 is 24.7 Å². The third-order valence-corrected chi connectivity index (χ3v) is 7.48. The van der Waals surface area contributed by atoms with E-state index in [-0.39, 0.29) is 11.8 Å². The second-order valence-electron chi connectivity index (χ2n) is 8.88. The van der Waals surface area contributed by atoms with Gasteiger partial charge in [0, 0.05) is 36.8 Å². The van der Waals surface area contributed by atoms with E-state index < -0.39 is 6.09 Å². The summed E-state index contributed by atoms with van der Waals surface area (Å²) in [7, 11) is 0. The number of terminal acetylenes is 1. The third-order valence-electron chi connectivity index (χ3n) is 6.31. The number of carbonyl (C=O) groups excluding carboxylic acids is 2. The molecule has 0 fully saturated rings. The fourth-order valence-corrected chi connectivity index (χ4v) is 5.77. The van der Waals surface area contributed by atoms with Gasteiger partial charge in [0.1, 0.15) is 10.8 Å². The maximum absolute atomic E-state index is 12.8. The number of aryl methyl sites for hydroxylation is 1. The number of amides is 2. The normalized spacial score (nSPS) is 14.3. The van der Waals surface area contributed by atoms with Crippen LogP contribution in [0.1, 0.15) is 41.3 Å². The highest BCUT2D eigenvalue weighted by atomic mass is 32.1. The minimum Gasteiger partial charge on any atom is -0.494 e. The van der Waals surface area contributed by atoms with E-state index in [1.807, 2.05) is 42.0 Å². The molecule has 9 heteroatoms. The van der Waals surface area contributed by atoms with Crippen molar-refractivity contribution in [2.45, 2.75) is 45.6 Å². The number of fused-ring (bicyclic) bond motifs is 1. The Bertz CT molecular complexity index is 1250. The average Bonchev–Trinajstić information content (AvgIpc) is 3.54. The van der Waals surface area contributed by atoms with Crippen LogP contribution in [-0.2, 0) is 35.3 Å². The van der Waals surface area contributed by atoms with Crippen LogP contribution in [0.3, 0.4) is 0 Å². The highest BCUT2D eigenvalue weighted by Crippen LogP contribution is 2.39. The molecule has 194 valence electrons. The molecule has 1 atom stereocenters. The van der Waals surface area contributed by atoms with Gasteiger partial charge in [-0.1, -0.05) is 24.1 Å². The largest absolute Gasteiger partial charge is 0.494 e. The van der Waals surface area contributed by atoms with Crippen molar-refractivity contribution >= 4 is 28.3 Å². The number of anilines is 1. The monoisotopic (exact) mass is 520 g/mol. The Balaban J connectivity index is 1.27. The van der Waals surface area contributed by atoms with Gasteiger partial charge in [-0.25, -0.2) is 9.78 Å². The number of nitrogens with zero attached hydrogens (tertiary/aromatic N) is 2. The van der Waals surface area contributed by atoms with E-state index in [2.05, 4.69) is 21.5 Å². The van der Waals surface area contributed by atoms with E-state index in [9.17, 15) is 9.59 Å². The molecule has 2 aromatic heterocycles. The van der Waals surface area contributed by atoms with Crippen molar-refractivity contribution in [2.24, 2.45) is 5.92 Å². The number of carbonyl (C=O) groups is 2. The smallest absolute Gasteiger partial charge is 0.407 e. The number of alkyl carbamates (subject to hydrolysis) is 1. The van der Waals surface area contributed by atoms with Crippen LogP contribution in [0.25, 0.3) is 0 Å². The Morgan fingerprint density at radius 2 is 2.19 bits per heavy atom. The van der Waals surface area contributed by atoms with E-state index in [0.29, 0.717) is 39.1 Å². The van der Waals surface area contributed by atoms with Gasteiger partial charge >= 0.3 is 6.09 Å². The number of hydrogen-bond donors (Lipinski definition) is 2. The number of benzene rings is 1. The van der Waals surface area contributed by atoms with Gasteiger partial charge in [-0.3, -0.25) is 4.79 Å². The minimum atomic E-state index is -0.416. The number of imidazole rings is 1. The molecule has 2 N–H and O–H groups in total. The summed E-state index contributed by atoms with van der Waals surface area (Å²) in [5.41, 5.74) is 2.92. The van der Waals surface area contributed by atoms with Gasteiger partial charge in [0.05, 0.1) is 25.1 Å². The van der Waals surface area contributed by atoms with E-state index in [4.69, 9.17) is 15.9 Å². The van der Waals surface area contributed by atoms with Crippen molar-refractivity contribution < 1.29 is 19.1 Å². The fraction of sp³-hybridized carbons (Fsp3) is 0.393. The molecular formula is C28H32N4O4S. The number of rotatable bonds is 11. The second-order valence-corrected chi connectivity index (χ2v) is 9.98. The summed E-state index contributed by atoms with van der Waals surface area (Å²) >= 11 is 1.53. The maximum Gasteiger partial charge on any atom is 0.407 e. The number of aromatic nitrogens is 2. The molecule has 0 saturated heterocycles. The van der Waals surface area contributed by atoms with Crippen LogP contribution in [0.2, 0.25) is 0 Å². The van der Waals surface area contributed by atoms with E-state index in [1.54, 1.807) is 12.5 Å². The molecule has 0 radical (unpaired) electrons. The molecule has 1 aliphatic carbocycles. The molecule has 1 aromatic carbocycles. The average molecular weight is 521 g/mol. The lowest BCUT2D eigenvalue weighted by molar-refractivity contribution is -0.116. The topological polar surface area (TPSA) is 94.5 Å². The number of para-hydroxylation sites is 1. The number of ether oxygens (including phenoxy) is 2. The van der Waals surface area contributed by atoms with E-state index in [0.717, 1.165) is 51.6 Å². The summed E-state index contributed by atoms with van der Waals surface area (Å²) in [5, 5.41) is 6.53. The molecule has 2 amide bonds. The lowest BCUT2D eigenvalue weighted by Gasteiger charge is -2.22. The lowest BCUT2D eigenvalue weighted by atomic mass is 9.87. The van der Waals surface area contributed by atoms with Gasteiger partial charge in [-0.2, -0.15) is 0 Å². The molecule has 0 aliphatic heterocycles. The van der Waals surface area contributed by atoms with Crippen LogP contribution < -0.4 is 15.4 Å². The van der Waals surface area contributed by atoms with Crippen LogP contribution in [0.5, 0.6) is 5.75 Å². The van der Waals surface area contributed by atoms with Crippen LogP contribution in [0.15, 0.2) is 43.0 Å². The van der Waals surface area contributed by atoms with Crippen LogP contribution in [-0.4, -0.2) is 41.3 Å².